The molecule has 6 nitrogen and oxygen atoms in total. The molecule has 6 rings (SSSR count). The molecule has 2 heterocycles. The van der Waals surface area contributed by atoms with Crippen LogP contribution in [0.4, 0.5) is 11.5 Å². The minimum atomic E-state index is -0.425. The maximum atomic E-state index is 13.6. The molecule has 4 aromatic carbocycles. The molecule has 0 saturated carbocycles. The first-order valence-corrected chi connectivity index (χ1v) is 14.3. The number of nitrogens with zero attached hydrogens (tertiary/aromatic N) is 3. The van der Waals surface area contributed by atoms with Crippen LogP contribution in [0.1, 0.15) is 30.0 Å². The number of halogens is 2. The molecule has 1 amide bonds. The van der Waals surface area contributed by atoms with E-state index in [9.17, 15) is 4.79 Å². The summed E-state index contributed by atoms with van der Waals surface area (Å²) in [5.41, 5.74) is 5.85. The molecule has 2 N–H and O–H groups in total. The monoisotopic (exact) mass is 637 g/mol. The standard InChI is InChI=1S/C33H25BrClN5O.CH4/c34-27-21-37-40-30(19-29(39-32(27)40)26-16-7-8-17-28(26)35)36-20-22-10-9-15-25(18-22)38-33(41)31(23-11-3-1-4-12-23)24-13-5-2-6-14-24;/h1-19,21,31,36H,20H2,(H,38,41);1H4. The van der Waals surface area contributed by atoms with E-state index >= 15 is 0 Å². The Morgan fingerprint density at radius 2 is 1.52 bits per heavy atom. The molecule has 0 spiro atoms. The Morgan fingerprint density at radius 3 is 2.21 bits per heavy atom. The number of benzene rings is 4. The highest BCUT2D eigenvalue weighted by Gasteiger charge is 2.22. The van der Waals surface area contributed by atoms with Crippen LogP contribution >= 0.6 is 27.5 Å². The predicted octanol–water partition coefficient (Wildman–Crippen LogP) is 8.83. The number of nitrogens with one attached hydrogen (secondary N) is 2. The van der Waals surface area contributed by atoms with E-state index in [1.807, 2.05) is 115 Å². The van der Waals surface area contributed by atoms with E-state index in [4.69, 9.17) is 16.6 Å². The second-order valence-electron chi connectivity index (χ2n) is 9.53. The van der Waals surface area contributed by atoms with Crippen LogP contribution < -0.4 is 10.6 Å². The summed E-state index contributed by atoms with van der Waals surface area (Å²) in [5.74, 6) is 0.248. The fraction of sp³-hybridized carbons (Fsp3) is 0.0882. The van der Waals surface area contributed by atoms with Crippen LogP contribution in [0.5, 0.6) is 0 Å². The summed E-state index contributed by atoms with van der Waals surface area (Å²) in [4.78, 5) is 18.4. The van der Waals surface area contributed by atoms with Crippen molar-refractivity contribution in [2.75, 3.05) is 10.6 Å². The van der Waals surface area contributed by atoms with Crippen LogP contribution in [-0.4, -0.2) is 20.5 Å². The van der Waals surface area contributed by atoms with E-state index in [0.717, 1.165) is 43.9 Å². The van der Waals surface area contributed by atoms with Crippen LogP contribution in [0.15, 0.2) is 126 Å². The van der Waals surface area contributed by atoms with Crippen molar-refractivity contribution in [3.63, 3.8) is 0 Å². The maximum Gasteiger partial charge on any atom is 0.236 e. The molecule has 210 valence electrons. The van der Waals surface area contributed by atoms with Gasteiger partial charge in [0.2, 0.25) is 5.91 Å². The highest BCUT2D eigenvalue weighted by molar-refractivity contribution is 9.10. The van der Waals surface area contributed by atoms with Gasteiger partial charge < -0.3 is 10.6 Å². The summed E-state index contributed by atoms with van der Waals surface area (Å²) < 4.78 is 2.53. The molecule has 0 atom stereocenters. The smallest absolute Gasteiger partial charge is 0.236 e. The summed E-state index contributed by atoms with van der Waals surface area (Å²) in [6.45, 7) is 0.503. The van der Waals surface area contributed by atoms with Gasteiger partial charge in [0, 0.05) is 28.9 Å². The van der Waals surface area contributed by atoms with Gasteiger partial charge in [0.15, 0.2) is 5.65 Å². The van der Waals surface area contributed by atoms with Crippen molar-refractivity contribution in [2.24, 2.45) is 0 Å². The number of amides is 1. The summed E-state index contributed by atoms with van der Waals surface area (Å²) >= 11 is 10.0. The Bertz CT molecular complexity index is 1790. The average Bonchev–Trinajstić information content (AvgIpc) is 3.38. The van der Waals surface area contributed by atoms with Gasteiger partial charge >= 0.3 is 0 Å². The quantitative estimate of drug-likeness (QED) is 0.175. The first-order valence-electron chi connectivity index (χ1n) is 13.1. The molecule has 0 aliphatic rings. The Balaban J connectivity index is 0.00000353. The van der Waals surface area contributed by atoms with E-state index in [-0.39, 0.29) is 13.3 Å². The number of rotatable bonds is 8. The van der Waals surface area contributed by atoms with Gasteiger partial charge in [-0.25, -0.2) is 4.98 Å². The SMILES string of the molecule is C.O=C(Nc1cccc(CNc2cc(-c3ccccc3Cl)nc3c(Br)cnn23)c1)C(c1ccccc1)c1ccccc1. The molecule has 6 aromatic rings. The fourth-order valence-corrected chi connectivity index (χ4v) is 5.40. The Labute approximate surface area is 258 Å². The average molecular weight is 639 g/mol. The van der Waals surface area contributed by atoms with Gasteiger partial charge in [-0.15, -0.1) is 0 Å². The van der Waals surface area contributed by atoms with Crippen LogP contribution in [0.3, 0.4) is 0 Å². The molecular weight excluding hydrogens is 610 g/mol. The second-order valence-corrected chi connectivity index (χ2v) is 10.8. The molecular formula is C34H29BrClN5O. The lowest BCUT2D eigenvalue weighted by Crippen LogP contribution is -2.22. The third kappa shape index (κ3) is 6.22. The van der Waals surface area contributed by atoms with Crippen molar-refractivity contribution >= 4 is 50.6 Å². The molecule has 0 fully saturated rings. The first-order chi connectivity index (χ1) is 20.1. The Hall–Kier alpha value is -4.46. The second kappa shape index (κ2) is 13.0. The number of carbonyl (C=O) groups is 1. The summed E-state index contributed by atoms with van der Waals surface area (Å²) in [6.07, 6.45) is 1.72. The lowest BCUT2D eigenvalue weighted by molar-refractivity contribution is -0.116. The summed E-state index contributed by atoms with van der Waals surface area (Å²) in [6, 6.07) is 37.1. The highest BCUT2D eigenvalue weighted by Crippen LogP contribution is 2.31. The lowest BCUT2D eigenvalue weighted by Gasteiger charge is -2.18. The Morgan fingerprint density at radius 1 is 0.857 bits per heavy atom. The van der Waals surface area contributed by atoms with E-state index in [1.54, 1.807) is 10.7 Å². The van der Waals surface area contributed by atoms with Crippen molar-refractivity contribution in [3.05, 3.63) is 148 Å². The number of fused-ring (bicyclic) bond motifs is 1. The molecule has 0 radical (unpaired) electrons. The van der Waals surface area contributed by atoms with Crippen LogP contribution in [0, 0.1) is 0 Å². The number of carbonyl (C=O) groups excluding carboxylic acids is 1. The fourth-order valence-electron chi connectivity index (χ4n) is 4.82. The van der Waals surface area contributed by atoms with Crippen LogP contribution in [0.2, 0.25) is 5.02 Å². The van der Waals surface area contributed by atoms with E-state index < -0.39 is 5.92 Å². The molecule has 0 saturated heterocycles. The van der Waals surface area contributed by atoms with Gasteiger partial charge in [0.25, 0.3) is 0 Å². The lowest BCUT2D eigenvalue weighted by atomic mass is 9.90. The van der Waals surface area contributed by atoms with Crippen molar-refractivity contribution in [3.8, 4) is 11.3 Å². The number of hydrogen-bond donors (Lipinski definition) is 2. The minimum absolute atomic E-state index is 0. The van der Waals surface area contributed by atoms with E-state index in [2.05, 4.69) is 31.7 Å². The summed E-state index contributed by atoms with van der Waals surface area (Å²) in [5, 5.41) is 11.7. The van der Waals surface area contributed by atoms with Crippen LogP contribution in [-0.2, 0) is 11.3 Å². The third-order valence-electron chi connectivity index (χ3n) is 6.77. The van der Waals surface area contributed by atoms with Gasteiger partial charge in [-0.2, -0.15) is 9.61 Å². The molecule has 0 aliphatic carbocycles. The zero-order valence-corrected chi connectivity index (χ0v) is 24.2. The van der Waals surface area contributed by atoms with Gasteiger partial charge in [-0.05, 0) is 50.8 Å². The van der Waals surface area contributed by atoms with Crippen molar-refractivity contribution in [2.45, 2.75) is 19.9 Å². The summed E-state index contributed by atoms with van der Waals surface area (Å²) in [7, 11) is 0. The van der Waals surface area contributed by atoms with E-state index in [1.165, 1.54) is 0 Å². The molecule has 0 bridgehead atoms. The number of anilines is 2. The Kier molecular flexibility index (Phi) is 9.00. The maximum absolute atomic E-state index is 13.6. The normalized spacial score (nSPS) is 10.8. The highest BCUT2D eigenvalue weighted by atomic mass is 79.9. The van der Waals surface area contributed by atoms with Crippen molar-refractivity contribution < 1.29 is 4.79 Å². The molecule has 42 heavy (non-hydrogen) atoms. The van der Waals surface area contributed by atoms with Gasteiger partial charge in [0.1, 0.15) is 5.82 Å². The third-order valence-corrected chi connectivity index (χ3v) is 7.66. The molecule has 2 aromatic heterocycles. The zero-order chi connectivity index (χ0) is 28.2. The van der Waals surface area contributed by atoms with Gasteiger partial charge in [-0.3, -0.25) is 4.79 Å². The van der Waals surface area contributed by atoms with Crippen molar-refractivity contribution in [1.82, 2.24) is 14.6 Å². The topological polar surface area (TPSA) is 71.3 Å². The molecule has 0 unspecified atom stereocenters. The van der Waals surface area contributed by atoms with Gasteiger partial charge in [0.05, 0.1) is 22.3 Å². The van der Waals surface area contributed by atoms with Gasteiger partial charge in [-0.1, -0.05) is 110 Å². The minimum Gasteiger partial charge on any atom is -0.366 e. The number of hydrogen-bond acceptors (Lipinski definition) is 4. The van der Waals surface area contributed by atoms with Crippen LogP contribution in [0.25, 0.3) is 16.9 Å². The largest absolute Gasteiger partial charge is 0.366 e. The molecule has 8 heteroatoms. The molecule has 0 aliphatic heterocycles. The predicted molar refractivity (Wildman–Crippen MR) is 175 cm³/mol. The van der Waals surface area contributed by atoms with E-state index in [0.29, 0.717) is 17.2 Å². The number of aromatic nitrogens is 3. The first kappa shape index (κ1) is 29.0. The zero-order valence-electron chi connectivity index (χ0n) is 21.8. The van der Waals surface area contributed by atoms with Crippen molar-refractivity contribution in [1.29, 1.82) is 0 Å².